The van der Waals surface area contributed by atoms with Gasteiger partial charge >= 0.3 is 0 Å². The first kappa shape index (κ1) is 21.6. The minimum atomic E-state index is -0.372. The van der Waals surface area contributed by atoms with Gasteiger partial charge in [0.05, 0.1) is 23.7 Å². The lowest BCUT2D eigenvalue weighted by molar-refractivity contribution is -0.129. The minimum absolute atomic E-state index is 0.0774. The summed E-state index contributed by atoms with van der Waals surface area (Å²) in [6, 6.07) is 9.84. The van der Waals surface area contributed by atoms with E-state index in [4.69, 9.17) is 9.72 Å². The van der Waals surface area contributed by atoms with Gasteiger partial charge in [0.1, 0.15) is 4.60 Å². The Labute approximate surface area is 199 Å². The standard InChI is InChI=1S/C23H24BrN7O2/c1-23(21(32)25-2)9-8-14(11-23)27-22-26-12-16-19(24)30-31(20(16)29-22)15-5-6-17-13(10-15)4-7-18(28-17)33-3/h4-7,10,12,14H,8-9,11H2,1-3H3,(H,25,32)(H,26,27,29)/t14-,23-/m1/s1. The molecule has 9 nitrogen and oxygen atoms in total. The maximum Gasteiger partial charge on any atom is 0.225 e. The molecular weight excluding hydrogens is 486 g/mol. The summed E-state index contributed by atoms with van der Waals surface area (Å²) in [4.78, 5) is 26.0. The van der Waals surface area contributed by atoms with Gasteiger partial charge in [-0.1, -0.05) is 6.92 Å². The molecule has 0 bridgehead atoms. The van der Waals surface area contributed by atoms with Crippen LogP contribution >= 0.6 is 15.9 Å². The molecular formula is C23H24BrN7O2. The van der Waals surface area contributed by atoms with Crippen molar-refractivity contribution in [3.8, 4) is 11.6 Å². The van der Waals surface area contributed by atoms with Crippen molar-refractivity contribution in [3.05, 3.63) is 41.1 Å². The fourth-order valence-corrected chi connectivity index (χ4v) is 4.95. The summed E-state index contributed by atoms with van der Waals surface area (Å²) in [5, 5.41) is 12.6. The Morgan fingerprint density at radius 3 is 2.91 bits per heavy atom. The number of rotatable bonds is 5. The maximum absolute atomic E-state index is 12.2. The molecule has 1 aliphatic rings. The lowest BCUT2D eigenvalue weighted by Crippen LogP contribution is -2.35. The number of carbonyl (C=O) groups excluding carboxylic acids is 1. The Morgan fingerprint density at radius 2 is 2.12 bits per heavy atom. The van der Waals surface area contributed by atoms with Gasteiger partial charge in [0.15, 0.2) is 5.65 Å². The topological polar surface area (TPSA) is 107 Å². The molecule has 1 saturated carbocycles. The fraction of sp³-hybridized carbons (Fsp3) is 0.348. The quantitative estimate of drug-likeness (QED) is 0.420. The number of nitrogens with one attached hydrogen (secondary N) is 2. The van der Waals surface area contributed by atoms with Gasteiger partial charge in [-0.3, -0.25) is 4.79 Å². The Balaban J connectivity index is 1.47. The van der Waals surface area contributed by atoms with Gasteiger partial charge in [0.25, 0.3) is 0 Å². The molecule has 2 atom stereocenters. The van der Waals surface area contributed by atoms with Crippen molar-refractivity contribution in [2.24, 2.45) is 5.41 Å². The number of halogens is 1. The largest absolute Gasteiger partial charge is 0.481 e. The highest BCUT2D eigenvalue weighted by Gasteiger charge is 2.40. The van der Waals surface area contributed by atoms with Crippen molar-refractivity contribution in [1.82, 2.24) is 30.0 Å². The van der Waals surface area contributed by atoms with E-state index in [-0.39, 0.29) is 17.4 Å². The summed E-state index contributed by atoms with van der Waals surface area (Å²) in [6.07, 6.45) is 4.21. The average molecular weight is 510 g/mol. The lowest BCUT2D eigenvalue weighted by atomic mass is 9.87. The number of hydrogen-bond donors (Lipinski definition) is 2. The molecule has 0 unspecified atom stereocenters. The Hall–Kier alpha value is -3.27. The monoisotopic (exact) mass is 509 g/mol. The van der Waals surface area contributed by atoms with Crippen molar-refractivity contribution >= 4 is 49.7 Å². The van der Waals surface area contributed by atoms with Gasteiger partial charge in [-0.25, -0.2) is 14.6 Å². The van der Waals surface area contributed by atoms with E-state index < -0.39 is 0 Å². The molecule has 3 heterocycles. The van der Waals surface area contributed by atoms with E-state index in [0.717, 1.165) is 41.2 Å². The first-order valence-corrected chi connectivity index (χ1v) is 11.5. The number of nitrogens with zero attached hydrogens (tertiary/aromatic N) is 5. The summed E-state index contributed by atoms with van der Waals surface area (Å²) in [5.74, 6) is 1.17. The van der Waals surface area contributed by atoms with Gasteiger partial charge in [-0.2, -0.15) is 10.1 Å². The highest BCUT2D eigenvalue weighted by molar-refractivity contribution is 9.10. The molecule has 170 valence electrons. The molecule has 4 aromatic rings. The number of aromatic nitrogens is 5. The maximum atomic E-state index is 12.2. The first-order chi connectivity index (χ1) is 15.9. The van der Waals surface area contributed by atoms with E-state index in [0.29, 0.717) is 22.1 Å². The molecule has 0 aliphatic heterocycles. The summed E-state index contributed by atoms with van der Waals surface area (Å²) in [5.41, 5.74) is 2.02. The molecule has 3 aromatic heterocycles. The van der Waals surface area contributed by atoms with Gasteiger partial charge in [0, 0.05) is 36.2 Å². The van der Waals surface area contributed by atoms with E-state index in [1.54, 1.807) is 25.0 Å². The number of anilines is 1. The molecule has 0 radical (unpaired) electrons. The number of methoxy groups -OCH3 is 1. The number of carbonyl (C=O) groups is 1. The normalized spacial score (nSPS) is 20.3. The molecule has 33 heavy (non-hydrogen) atoms. The lowest BCUT2D eigenvalue weighted by Gasteiger charge is -2.22. The summed E-state index contributed by atoms with van der Waals surface area (Å²) in [7, 11) is 3.29. The van der Waals surface area contributed by atoms with Crippen LogP contribution in [0.1, 0.15) is 26.2 Å². The van der Waals surface area contributed by atoms with Crippen molar-refractivity contribution < 1.29 is 9.53 Å². The number of hydrogen-bond acceptors (Lipinski definition) is 7. The summed E-state index contributed by atoms with van der Waals surface area (Å²) < 4.78 is 7.68. The molecule has 1 aromatic carbocycles. The molecule has 10 heteroatoms. The number of ether oxygens (including phenoxy) is 1. The van der Waals surface area contributed by atoms with E-state index in [9.17, 15) is 4.79 Å². The molecule has 1 amide bonds. The van der Waals surface area contributed by atoms with Gasteiger partial charge in [0.2, 0.25) is 17.7 Å². The van der Waals surface area contributed by atoms with Gasteiger partial charge in [-0.05, 0) is 59.5 Å². The Kier molecular flexibility index (Phi) is 5.40. The SMILES string of the molecule is CNC(=O)[C@]1(C)CC[C@@H](Nc2ncc3c(Br)nn(-c4ccc5nc(OC)ccc5c4)c3n2)C1. The summed E-state index contributed by atoms with van der Waals surface area (Å²) >= 11 is 3.53. The van der Waals surface area contributed by atoms with Crippen LogP contribution in [0.3, 0.4) is 0 Å². The second-order valence-corrected chi connectivity index (χ2v) is 9.34. The molecule has 0 spiro atoms. The average Bonchev–Trinajstić information content (AvgIpc) is 3.38. The van der Waals surface area contributed by atoms with Gasteiger partial charge < -0.3 is 15.4 Å². The molecule has 5 rings (SSSR count). The zero-order valence-corrected chi connectivity index (χ0v) is 20.2. The smallest absolute Gasteiger partial charge is 0.225 e. The van der Waals surface area contributed by atoms with Crippen LogP contribution in [-0.2, 0) is 4.79 Å². The summed E-state index contributed by atoms with van der Waals surface area (Å²) in [6.45, 7) is 2.01. The number of fused-ring (bicyclic) bond motifs is 2. The minimum Gasteiger partial charge on any atom is -0.481 e. The van der Waals surface area contributed by atoms with Crippen molar-refractivity contribution in [2.45, 2.75) is 32.2 Å². The van der Waals surface area contributed by atoms with Crippen LogP contribution < -0.4 is 15.4 Å². The van der Waals surface area contributed by atoms with Crippen LogP contribution in [0.2, 0.25) is 0 Å². The van der Waals surface area contributed by atoms with Crippen LogP contribution in [-0.4, -0.2) is 50.8 Å². The number of benzene rings is 1. The molecule has 0 saturated heterocycles. The van der Waals surface area contributed by atoms with Crippen LogP contribution in [0, 0.1) is 5.41 Å². The first-order valence-electron chi connectivity index (χ1n) is 10.8. The van der Waals surface area contributed by atoms with E-state index in [1.165, 1.54) is 0 Å². The fourth-order valence-electron chi connectivity index (χ4n) is 4.51. The molecule has 1 fully saturated rings. The third-order valence-electron chi connectivity index (χ3n) is 6.33. The van der Waals surface area contributed by atoms with Crippen LogP contribution in [0.4, 0.5) is 5.95 Å². The zero-order chi connectivity index (χ0) is 23.2. The van der Waals surface area contributed by atoms with Crippen molar-refractivity contribution in [2.75, 3.05) is 19.5 Å². The number of pyridine rings is 1. The Morgan fingerprint density at radius 1 is 1.27 bits per heavy atom. The Bertz CT molecular complexity index is 1370. The molecule has 2 N–H and O–H groups in total. The van der Waals surface area contributed by atoms with E-state index in [1.807, 2.05) is 37.3 Å². The van der Waals surface area contributed by atoms with Crippen LogP contribution in [0.5, 0.6) is 5.88 Å². The van der Waals surface area contributed by atoms with Crippen LogP contribution in [0.15, 0.2) is 41.1 Å². The van der Waals surface area contributed by atoms with E-state index in [2.05, 4.69) is 41.6 Å². The third-order valence-corrected chi connectivity index (χ3v) is 6.92. The highest BCUT2D eigenvalue weighted by atomic mass is 79.9. The number of amides is 1. The van der Waals surface area contributed by atoms with Crippen molar-refractivity contribution in [1.29, 1.82) is 0 Å². The second-order valence-electron chi connectivity index (χ2n) is 8.59. The predicted molar refractivity (Wildman–Crippen MR) is 130 cm³/mol. The zero-order valence-electron chi connectivity index (χ0n) is 18.6. The van der Waals surface area contributed by atoms with Crippen molar-refractivity contribution in [3.63, 3.8) is 0 Å². The third kappa shape index (κ3) is 3.88. The predicted octanol–water partition coefficient (Wildman–Crippen LogP) is 3.85. The highest BCUT2D eigenvalue weighted by Crippen LogP contribution is 2.39. The van der Waals surface area contributed by atoms with Gasteiger partial charge in [-0.15, -0.1) is 0 Å². The second kappa shape index (κ2) is 8.26. The van der Waals surface area contributed by atoms with E-state index >= 15 is 0 Å². The molecule has 1 aliphatic carbocycles. The van der Waals surface area contributed by atoms with Crippen LogP contribution in [0.25, 0.3) is 27.6 Å².